The molecule has 1 aliphatic rings. The lowest BCUT2D eigenvalue weighted by Gasteiger charge is -2.21. The van der Waals surface area contributed by atoms with Gasteiger partial charge in [-0.05, 0) is 50.5 Å². The first-order valence-corrected chi connectivity index (χ1v) is 9.04. The largest absolute Gasteiger partial charge is 0.464 e. The van der Waals surface area contributed by atoms with Crippen molar-refractivity contribution in [2.75, 3.05) is 5.32 Å². The number of nitrogens with zero attached hydrogens (tertiary/aromatic N) is 1. The molecule has 27 heavy (non-hydrogen) atoms. The molecule has 0 radical (unpaired) electrons. The summed E-state index contributed by atoms with van der Waals surface area (Å²) in [5.74, 6) is 0.240. The molecule has 1 aromatic carbocycles. The van der Waals surface area contributed by atoms with E-state index < -0.39 is 0 Å². The molecular formula is C22H20N2O3. The molecule has 0 saturated carbocycles. The number of amides is 1. The van der Waals surface area contributed by atoms with Crippen LogP contribution in [0, 0.1) is 13.8 Å². The zero-order valence-electron chi connectivity index (χ0n) is 15.3. The van der Waals surface area contributed by atoms with Gasteiger partial charge >= 0.3 is 0 Å². The Morgan fingerprint density at radius 3 is 2.63 bits per heavy atom. The summed E-state index contributed by atoms with van der Waals surface area (Å²) < 4.78 is 5.59. The first kappa shape index (κ1) is 17.2. The van der Waals surface area contributed by atoms with Gasteiger partial charge in [0.2, 0.25) is 0 Å². The van der Waals surface area contributed by atoms with Crippen molar-refractivity contribution in [3.63, 3.8) is 0 Å². The highest BCUT2D eigenvalue weighted by atomic mass is 16.3. The van der Waals surface area contributed by atoms with E-state index in [0.29, 0.717) is 34.6 Å². The fourth-order valence-electron chi connectivity index (χ4n) is 3.63. The number of carbonyl (C=O) groups is 2. The lowest BCUT2D eigenvalue weighted by Crippen LogP contribution is -2.22. The van der Waals surface area contributed by atoms with Gasteiger partial charge in [0.15, 0.2) is 5.78 Å². The quantitative estimate of drug-likeness (QED) is 0.733. The summed E-state index contributed by atoms with van der Waals surface area (Å²) in [4.78, 5) is 30.5. The van der Waals surface area contributed by atoms with Crippen molar-refractivity contribution < 1.29 is 14.0 Å². The number of benzene rings is 1. The monoisotopic (exact) mass is 360 g/mol. The van der Waals surface area contributed by atoms with E-state index in [-0.39, 0.29) is 11.7 Å². The van der Waals surface area contributed by atoms with Gasteiger partial charge in [-0.1, -0.05) is 18.2 Å². The van der Waals surface area contributed by atoms with Gasteiger partial charge in [-0.25, -0.2) is 0 Å². The summed E-state index contributed by atoms with van der Waals surface area (Å²) >= 11 is 0. The van der Waals surface area contributed by atoms with E-state index >= 15 is 0 Å². The van der Waals surface area contributed by atoms with Gasteiger partial charge in [-0.15, -0.1) is 0 Å². The third kappa shape index (κ3) is 3.05. The fourth-order valence-corrected chi connectivity index (χ4v) is 3.63. The summed E-state index contributed by atoms with van der Waals surface area (Å²) in [6.45, 7) is 3.74. The van der Waals surface area contributed by atoms with Crippen LogP contribution >= 0.6 is 0 Å². The molecule has 0 spiro atoms. The zero-order valence-corrected chi connectivity index (χ0v) is 15.3. The third-order valence-electron chi connectivity index (χ3n) is 4.94. The van der Waals surface area contributed by atoms with E-state index in [1.807, 2.05) is 31.2 Å². The number of Topliss-reactive ketones (excluding diaryl/α,β-unsaturated/α-hetero) is 1. The maximum Gasteiger partial charge on any atom is 0.258 e. The molecule has 0 atom stereocenters. The number of fused-ring (bicyclic) bond motifs is 1. The number of ketones is 1. The topological polar surface area (TPSA) is 72.2 Å². The molecule has 5 nitrogen and oxygen atoms in total. The van der Waals surface area contributed by atoms with Crippen LogP contribution in [-0.4, -0.2) is 16.7 Å². The van der Waals surface area contributed by atoms with E-state index in [4.69, 9.17) is 4.42 Å². The van der Waals surface area contributed by atoms with Crippen molar-refractivity contribution in [2.24, 2.45) is 0 Å². The smallest absolute Gasteiger partial charge is 0.258 e. The van der Waals surface area contributed by atoms with Crippen LogP contribution in [0.2, 0.25) is 0 Å². The molecule has 5 heteroatoms. The SMILES string of the molecule is Cc1ccccc1NC(=O)c1c(C)nc2c(c1-c1ccco1)C(=O)CCC2. The third-order valence-corrected chi connectivity index (χ3v) is 4.94. The first-order valence-electron chi connectivity index (χ1n) is 9.04. The maximum atomic E-state index is 13.2. The van der Waals surface area contributed by atoms with Crippen molar-refractivity contribution in [1.29, 1.82) is 0 Å². The van der Waals surface area contributed by atoms with Crippen molar-refractivity contribution in [3.05, 3.63) is 70.7 Å². The van der Waals surface area contributed by atoms with Crippen molar-refractivity contribution >= 4 is 17.4 Å². The van der Waals surface area contributed by atoms with Crippen LogP contribution in [0.4, 0.5) is 5.69 Å². The number of furan rings is 1. The van der Waals surface area contributed by atoms with Crippen molar-refractivity contribution in [1.82, 2.24) is 4.98 Å². The minimum absolute atomic E-state index is 0.0140. The normalized spacial score (nSPS) is 13.3. The summed E-state index contributed by atoms with van der Waals surface area (Å²) in [5.41, 5.74) is 4.52. The van der Waals surface area contributed by atoms with E-state index in [0.717, 1.165) is 29.8 Å². The minimum atomic E-state index is -0.290. The fraction of sp³-hybridized carbons (Fsp3) is 0.227. The maximum absolute atomic E-state index is 13.2. The van der Waals surface area contributed by atoms with Gasteiger partial charge in [0.1, 0.15) is 5.76 Å². The Morgan fingerprint density at radius 2 is 1.89 bits per heavy atom. The van der Waals surface area contributed by atoms with Crippen molar-refractivity contribution in [2.45, 2.75) is 33.1 Å². The van der Waals surface area contributed by atoms with Crippen LogP contribution in [0.25, 0.3) is 11.3 Å². The standard InChI is InChI=1S/C22H20N2O3/c1-13-7-3-4-8-15(13)24-22(26)19-14(2)23-16-9-5-10-17(25)20(16)21(19)18-11-6-12-27-18/h3-4,6-8,11-12H,5,9-10H2,1-2H3,(H,24,26). The number of anilines is 1. The molecule has 3 aromatic rings. The Hall–Kier alpha value is -3.21. The zero-order chi connectivity index (χ0) is 19.0. The number of pyridine rings is 1. The molecule has 136 valence electrons. The van der Waals surface area contributed by atoms with Crippen LogP contribution in [0.1, 0.15) is 50.5 Å². The van der Waals surface area contributed by atoms with E-state index in [9.17, 15) is 9.59 Å². The molecule has 2 aromatic heterocycles. The number of hydrogen-bond acceptors (Lipinski definition) is 4. The number of aryl methyl sites for hydroxylation is 3. The highest BCUT2D eigenvalue weighted by Crippen LogP contribution is 2.36. The van der Waals surface area contributed by atoms with Crippen molar-refractivity contribution in [3.8, 4) is 11.3 Å². The van der Waals surface area contributed by atoms with Gasteiger partial charge in [0, 0.05) is 17.7 Å². The Kier molecular flexibility index (Phi) is 4.36. The Morgan fingerprint density at radius 1 is 1.07 bits per heavy atom. The average molecular weight is 360 g/mol. The number of para-hydroxylation sites is 1. The predicted octanol–water partition coefficient (Wildman–Crippen LogP) is 4.73. The molecule has 1 aliphatic carbocycles. The number of rotatable bonds is 3. The molecule has 2 heterocycles. The Balaban J connectivity index is 1.90. The molecule has 0 fully saturated rings. The van der Waals surface area contributed by atoms with Crippen LogP contribution < -0.4 is 5.32 Å². The molecule has 4 rings (SSSR count). The van der Waals surface area contributed by atoms with Gasteiger partial charge in [-0.3, -0.25) is 14.6 Å². The second kappa shape index (κ2) is 6.83. The minimum Gasteiger partial charge on any atom is -0.464 e. The Labute approximate surface area is 157 Å². The number of carbonyl (C=O) groups excluding carboxylic acids is 2. The lowest BCUT2D eigenvalue weighted by molar-refractivity contribution is 0.0972. The summed E-state index contributed by atoms with van der Waals surface area (Å²) in [7, 11) is 0. The van der Waals surface area contributed by atoms with Crippen LogP contribution in [0.5, 0.6) is 0 Å². The second-order valence-electron chi connectivity index (χ2n) is 6.79. The summed E-state index contributed by atoms with van der Waals surface area (Å²) in [6.07, 6.45) is 3.53. The van der Waals surface area contributed by atoms with E-state index in [1.54, 1.807) is 25.3 Å². The van der Waals surface area contributed by atoms with Crippen LogP contribution in [0.15, 0.2) is 47.1 Å². The molecule has 1 amide bonds. The van der Waals surface area contributed by atoms with Gasteiger partial charge < -0.3 is 9.73 Å². The number of hydrogen-bond donors (Lipinski definition) is 1. The molecule has 0 unspecified atom stereocenters. The van der Waals surface area contributed by atoms with E-state index in [1.165, 1.54) is 0 Å². The van der Waals surface area contributed by atoms with Crippen LogP contribution in [-0.2, 0) is 6.42 Å². The van der Waals surface area contributed by atoms with E-state index in [2.05, 4.69) is 10.3 Å². The predicted molar refractivity (Wildman–Crippen MR) is 103 cm³/mol. The lowest BCUT2D eigenvalue weighted by atomic mass is 9.86. The number of nitrogens with one attached hydrogen (secondary N) is 1. The Bertz CT molecular complexity index is 1040. The highest BCUT2D eigenvalue weighted by molar-refractivity contribution is 6.14. The summed E-state index contributed by atoms with van der Waals surface area (Å²) in [6, 6.07) is 11.1. The molecule has 1 N–H and O–H groups in total. The molecule has 0 bridgehead atoms. The average Bonchev–Trinajstić information content (AvgIpc) is 3.17. The molecule has 0 aliphatic heterocycles. The van der Waals surface area contributed by atoms with Gasteiger partial charge in [0.05, 0.1) is 28.8 Å². The second-order valence-corrected chi connectivity index (χ2v) is 6.79. The number of aromatic nitrogens is 1. The highest BCUT2D eigenvalue weighted by Gasteiger charge is 2.30. The molecule has 0 saturated heterocycles. The summed E-state index contributed by atoms with van der Waals surface area (Å²) in [5, 5.41) is 2.96. The van der Waals surface area contributed by atoms with Crippen LogP contribution in [0.3, 0.4) is 0 Å². The van der Waals surface area contributed by atoms with Gasteiger partial charge in [0.25, 0.3) is 5.91 Å². The van der Waals surface area contributed by atoms with Gasteiger partial charge in [-0.2, -0.15) is 0 Å². The first-order chi connectivity index (χ1) is 13.1. The molecular weight excluding hydrogens is 340 g/mol.